The van der Waals surface area contributed by atoms with E-state index in [0.717, 1.165) is 19.5 Å². The van der Waals surface area contributed by atoms with E-state index < -0.39 is 0 Å². The molecule has 0 spiro atoms. The summed E-state index contributed by atoms with van der Waals surface area (Å²) in [6, 6.07) is 0.613. The second-order valence-electron chi connectivity index (χ2n) is 7.56. The largest absolute Gasteiger partial charge is 0.379 e. The van der Waals surface area contributed by atoms with Crippen LogP contribution < -0.4 is 10.6 Å². The van der Waals surface area contributed by atoms with Gasteiger partial charge in [0.25, 0.3) is 0 Å². The van der Waals surface area contributed by atoms with Crippen molar-refractivity contribution in [2.45, 2.75) is 84.4 Å². The average molecular weight is 328 g/mol. The van der Waals surface area contributed by atoms with E-state index in [2.05, 4.69) is 36.3 Å². The fraction of sp³-hybridized carbons (Fsp3) is 1.00. The van der Waals surface area contributed by atoms with E-state index in [-0.39, 0.29) is 6.23 Å². The molecular formula is C19H41N3O. The molecule has 4 nitrogen and oxygen atoms in total. The minimum atomic E-state index is -0.300. The molecule has 23 heavy (non-hydrogen) atoms. The fourth-order valence-corrected chi connectivity index (χ4v) is 3.34. The molecule has 1 fully saturated rings. The van der Waals surface area contributed by atoms with Crippen molar-refractivity contribution in [3.63, 3.8) is 0 Å². The van der Waals surface area contributed by atoms with Crippen molar-refractivity contribution < 1.29 is 5.11 Å². The summed E-state index contributed by atoms with van der Waals surface area (Å²) in [6.07, 6.45) is 9.64. The van der Waals surface area contributed by atoms with Crippen LogP contribution in [-0.2, 0) is 0 Å². The van der Waals surface area contributed by atoms with Crippen LogP contribution in [-0.4, -0.2) is 55.0 Å². The molecule has 1 saturated heterocycles. The van der Waals surface area contributed by atoms with E-state index in [1.54, 1.807) is 0 Å². The first kappa shape index (κ1) is 20.9. The van der Waals surface area contributed by atoms with Crippen LogP contribution in [0.2, 0.25) is 0 Å². The van der Waals surface area contributed by atoms with Gasteiger partial charge in [0.05, 0.1) is 0 Å². The van der Waals surface area contributed by atoms with Gasteiger partial charge < -0.3 is 15.3 Å². The summed E-state index contributed by atoms with van der Waals surface area (Å²) in [6.45, 7) is 12.3. The normalized spacial score (nSPS) is 17.6. The highest BCUT2D eigenvalue weighted by Gasteiger charge is 2.27. The number of likely N-dealkylation sites (tertiary alicyclic amines) is 1. The van der Waals surface area contributed by atoms with Gasteiger partial charge in [0, 0.05) is 19.1 Å². The summed E-state index contributed by atoms with van der Waals surface area (Å²) in [4.78, 5) is 2.48. The van der Waals surface area contributed by atoms with E-state index in [9.17, 15) is 5.11 Å². The van der Waals surface area contributed by atoms with Crippen molar-refractivity contribution >= 4 is 0 Å². The molecule has 0 aliphatic carbocycles. The minimum absolute atomic E-state index is 0.300. The summed E-state index contributed by atoms with van der Waals surface area (Å²) in [5.74, 6) is 0.698. The third-order valence-electron chi connectivity index (χ3n) is 4.67. The van der Waals surface area contributed by atoms with E-state index in [0.29, 0.717) is 12.0 Å². The summed E-state index contributed by atoms with van der Waals surface area (Å²) >= 11 is 0. The Morgan fingerprint density at radius 2 is 1.52 bits per heavy atom. The smallest absolute Gasteiger partial charge is 0.105 e. The minimum Gasteiger partial charge on any atom is -0.379 e. The first-order chi connectivity index (χ1) is 11.1. The number of hydrogen-bond acceptors (Lipinski definition) is 4. The molecule has 0 aromatic carbocycles. The number of aliphatic hydroxyl groups is 1. The zero-order valence-corrected chi connectivity index (χ0v) is 15.8. The molecular weight excluding hydrogens is 286 g/mol. The van der Waals surface area contributed by atoms with E-state index >= 15 is 0 Å². The van der Waals surface area contributed by atoms with Crippen molar-refractivity contribution in [3.05, 3.63) is 0 Å². The molecule has 1 atom stereocenters. The van der Waals surface area contributed by atoms with Crippen LogP contribution in [0.3, 0.4) is 0 Å². The molecule has 138 valence electrons. The highest BCUT2D eigenvalue weighted by molar-refractivity contribution is 4.80. The molecule has 0 amide bonds. The second-order valence-corrected chi connectivity index (χ2v) is 7.56. The molecule has 1 rings (SSSR count). The maximum atomic E-state index is 10.0. The molecule has 0 aromatic rings. The number of nitrogens with zero attached hydrogens (tertiary/aromatic N) is 1. The standard InChI is InChI=1S/C19H41N3O/c1-4-13-22-15-18(16-22)14-19(23)21-12-10-8-6-5-7-9-11-20-17(2)3/h17-21,23H,4-16H2,1-3H3. The van der Waals surface area contributed by atoms with Crippen LogP contribution >= 0.6 is 0 Å². The topological polar surface area (TPSA) is 47.5 Å². The van der Waals surface area contributed by atoms with Gasteiger partial charge in [-0.05, 0) is 51.2 Å². The lowest BCUT2D eigenvalue weighted by molar-refractivity contribution is 0.0366. The molecule has 1 aliphatic heterocycles. The van der Waals surface area contributed by atoms with E-state index in [1.807, 2.05) is 0 Å². The van der Waals surface area contributed by atoms with Gasteiger partial charge in [-0.15, -0.1) is 0 Å². The molecule has 1 heterocycles. The van der Waals surface area contributed by atoms with Gasteiger partial charge in [-0.25, -0.2) is 0 Å². The summed E-state index contributed by atoms with van der Waals surface area (Å²) in [5.41, 5.74) is 0. The van der Waals surface area contributed by atoms with Crippen LogP contribution in [0.25, 0.3) is 0 Å². The Balaban J connectivity index is 1.79. The second kappa shape index (κ2) is 13.2. The monoisotopic (exact) mass is 327 g/mol. The lowest BCUT2D eigenvalue weighted by atomic mass is 9.95. The Bertz CT molecular complexity index is 267. The first-order valence-corrected chi connectivity index (χ1v) is 9.99. The fourth-order valence-electron chi connectivity index (χ4n) is 3.34. The Labute approximate surface area is 144 Å². The van der Waals surface area contributed by atoms with E-state index in [1.165, 1.54) is 64.6 Å². The summed E-state index contributed by atoms with van der Waals surface area (Å²) < 4.78 is 0. The van der Waals surface area contributed by atoms with Crippen LogP contribution in [0, 0.1) is 5.92 Å². The molecule has 0 aromatic heterocycles. The zero-order chi connectivity index (χ0) is 16.9. The van der Waals surface area contributed by atoms with Gasteiger partial charge in [0.1, 0.15) is 6.23 Å². The highest BCUT2D eigenvalue weighted by Crippen LogP contribution is 2.20. The van der Waals surface area contributed by atoms with Crippen molar-refractivity contribution in [1.29, 1.82) is 0 Å². The maximum Gasteiger partial charge on any atom is 0.105 e. The van der Waals surface area contributed by atoms with Gasteiger partial charge in [-0.2, -0.15) is 0 Å². The van der Waals surface area contributed by atoms with Gasteiger partial charge in [0.2, 0.25) is 0 Å². The van der Waals surface area contributed by atoms with Crippen LogP contribution in [0.1, 0.15) is 72.1 Å². The zero-order valence-electron chi connectivity index (χ0n) is 15.8. The third kappa shape index (κ3) is 11.1. The number of aliphatic hydroxyl groups excluding tert-OH is 1. The van der Waals surface area contributed by atoms with Gasteiger partial charge in [0.15, 0.2) is 0 Å². The lowest BCUT2D eigenvalue weighted by Crippen LogP contribution is -2.49. The number of unbranched alkanes of at least 4 members (excludes halogenated alkanes) is 5. The number of rotatable bonds is 15. The van der Waals surface area contributed by atoms with Crippen molar-refractivity contribution in [1.82, 2.24) is 15.5 Å². The quantitative estimate of drug-likeness (QED) is 0.320. The molecule has 1 unspecified atom stereocenters. The molecule has 1 aliphatic rings. The van der Waals surface area contributed by atoms with Crippen LogP contribution in [0.5, 0.6) is 0 Å². The summed E-state index contributed by atoms with van der Waals surface area (Å²) in [5, 5.41) is 16.8. The molecule has 0 bridgehead atoms. The molecule has 4 heteroatoms. The van der Waals surface area contributed by atoms with Crippen molar-refractivity contribution in [2.75, 3.05) is 32.7 Å². The first-order valence-electron chi connectivity index (χ1n) is 9.99. The van der Waals surface area contributed by atoms with Gasteiger partial charge in [-0.3, -0.25) is 5.32 Å². The van der Waals surface area contributed by atoms with Crippen molar-refractivity contribution in [3.8, 4) is 0 Å². The predicted molar refractivity (Wildman–Crippen MR) is 99.7 cm³/mol. The SMILES string of the molecule is CCCN1CC(CC(O)NCCCCCCCCNC(C)C)C1. The Kier molecular flexibility index (Phi) is 12.0. The lowest BCUT2D eigenvalue weighted by Gasteiger charge is -2.40. The van der Waals surface area contributed by atoms with Crippen LogP contribution in [0.15, 0.2) is 0 Å². The Morgan fingerprint density at radius 3 is 2.09 bits per heavy atom. The number of nitrogens with one attached hydrogen (secondary N) is 2. The Hall–Kier alpha value is -0.160. The average Bonchev–Trinajstić information content (AvgIpc) is 2.46. The highest BCUT2D eigenvalue weighted by atomic mass is 16.3. The summed E-state index contributed by atoms with van der Waals surface area (Å²) in [7, 11) is 0. The van der Waals surface area contributed by atoms with Crippen molar-refractivity contribution in [2.24, 2.45) is 5.92 Å². The molecule has 3 N–H and O–H groups in total. The molecule has 0 radical (unpaired) electrons. The van der Waals surface area contributed by atoms with Gasteiger partial charge >= 0.3 is 0 Å². The number of hydrogen-bond donors (Lipinski definition) is 3. The Morgan fingerprint density at radius 1 is 0.957 bits per heavy atom. The predicted octanol–water partition coefficient (Wildman–Crippen LogP) is 2.96. The molecule has 0 saturated carbocycles. The third-order valence-corrected chi connectivity index (χ3v) is 4.67. The van der Waals surface area contributed by atoms with Gasteiger partial charge in [-0.1, -0.05) is 46.5 Å². The van der Waals surface area contributed by atoms with Crippen LogP contribution in [0.4, 0.5) is 0 Å². The van der Waals surface area contributed by atoms with E-state index in [4.69, 9.17) is 0 Å². The maximum absolute atomic E-state index is 10.0.